The molecule has 1 amide bonds. The minimum atomic E-state index is -0.386. The molecule has 0 bridgehead atoms. The lowest BCUT2D eigenvalue weighted by Crippen LogP contribution is -2.43. The third-order valence-corrected chi connectivity index (χ3v) is 3.96. The van der Waals surface area contributed by atoms with Crippen molar-refractivity contribution < 1.29 is 9.53 Å². The average Bonchev–Trinajstić information content (AvgIpc) is 2.80. The molecule has 2 fully saturated rings. The van der Waals surface area contributed by atoms with Gasteiger partial charge < -0.3 is 15.0 Å². The summed E-state index contributed by atoms with van der Waals surface area (Å²) in [4.78, 5) is 13.8. The zero-order valence-electron chi connectivity index (χ0n) is 11.9. The molecule has 0 aromatic rings. The van der Waals surface area contributed by atoms with Gasteiger partial charge in [0.2, 0.25) is 0 Å². The van der Waals surface area contributed by atoms with Crippen LogP contribution in [0.1, 0.15) is 40.0 Å². The predicted molar refractivity (Wildman–Crippen MR) is 71.5 cm³/mol. The first-order valence-corrected chi connectivity index (χ1v) is 7.14. The number of nitrogens with zero attached hydrogens (tertiary/aromatic N) is 1. The van der Waals surface area contributed by atoms with E-state index in [0.29, 0.717) is 0 Å². The van der Waals surface area contributed by atoms with E-state index in [-0.39, 0.29) is 11.7 Å². The third kappa shape index (κ3) is 3.61. The summed E-state index contributed by atoms with van der Waals surface area (Å²) in [6, 6.07) is 0. The van der Waals surface area contributed by atoms with Crippen LogP contribution < -0.4 is 5.32 Å². The summed E-state index contributed by atoms with van der Waals surface area (Å²) < 4.78 is 5.41. The largest absolute Gasteiger partial charge is 0.444 e. The summed E-state index contributed by atoms with van der Waals surface area (Å²) in [5.41, 5.74) is -0.386. The molecule has 2 saturated heterocycles. The number of likely N-dealkylation sites (tertiary alicyclic amines) is 1. The highest BCUT2D eigenvalue weighted by Crippen LogP contribution is 2.29. The van der Waals surface area contributed by atoms with Crippen molar-refractivity contribution >= 4 is 6.09 Å². The molecule has 2 aliphatic rings. The van der Waals surface area contributed by atoms with Crippen LogP contribution >= 0.6 is 0 Å². The Labute approximate surface area is 110 Å². The van der Waals surface area contributed by atoms with Crippen molar-refractivity contribution in [3.63, 3.8) is 0 Å². The Morgan fingerprint density at radius 1 is 1.17 bits per heavy atom. The molecule has 0 aliphatic carbocycles. The van der Waals surface area contributed by atoms with Gasteiger partial charge in [-0.05, 0) is 65.0 Å². The molecule has 0 unspecified atom stereocenters. The van der Waals surface area contributed by atoms with Crippen LogP contribution in [0.3, 0.4) is 0 Å². The molecule has 1 atom stereocenters. The molecular weight excluding hydrogens is 228 g/mol. The van der Waals surface area contributed by atoms with E-state index in [1.54, 1.807) is 0 Å². The molecule has 4 nitrogen and oxygen atoms in total. The standard InChI is InChI=1S/C14H26N2O2/c1-14(2,3)18-13(17)16-8-5-11(6-9-16)12-4-7-15-10-12/h11-12,15H,4-10H2,1-3H3/t12-/m1/s1. The molecule has 4 heteroatoms. The Morgan fingerprint density at radius 2 is 1.83 bits per heavy atom. The first-order chi connectivity index (χ1) is 8.46. The molecule has 1 N–H and O–H groups in total. The summed E-state index contributed by atoms with van der Waals surface area (Å²) in [6.07, 6.45) is 3.42. The topological polar surface area (TPSA) is 41.6 Å². The first-order valence-electron chi connectivity index (χ1n) is 7.14. The summed E-state index contributed by atoms with van der Waals surface area (Å²) >= 11 is 0. The Hall–Kier alpha value is -0.770. The normalized spacial score (nSPS) is 26.4. The summed E-state index contributed by atoms with van der Waals surface area (Å²) in [5, 5.41) is 3.43. The first kappa shape index (κ1) is 13.7. The lowest BCUT2D eigenvalue weighted by atomic mass is 9.84. The van der Waals surface area contributed by atoms with Gasteiger partial charge >= 0.3 is 6.09 Å². The second-order valence-corrected chi connectivity index (χ2v) is 6.56. The van der Waals surface area contributed by atoms with Gasteiger partial charge in [-0.15, -0.1) is 0 Å². The fourth-order valence-corrected chi connectivity index (χ4v) is 2.96. The number of rotatable bonds is 1. The van der Waals surface area contributed by atoms with Crippen molar-refractivity contribution in [2.24, 2.45) is 11.8 Å². The van der Waals surface area contributed by atoms with Gasteiger partial charge in [0.25, 0.3) is 0 Å². The highest BCUT2D eigenvalue weighted by atomic mass is 16.6. The maximum atomic E-state index is 11.9. The van der Waals surface area contributed by atoms with Crippen molar-refractivity contribution in [1.82, 2.24) is 10.2 Å². The number of carbonyl (C=O) groups is 1. The van der Waals surface area contributed by atoms with Crippen LogP contribution in [0.5, 0.6) is 0 Å². The number of nitrogens with one attached hydrogen (secondary N) is 1. The summed E-state index contributed by atoms with van der Waals surface area (Å²) in [6.45, 7) is 9.80. The zero-order chi connectivity index (χ0) is 13.2. The van der Waals surface area contributed by atoms with Crippen LogP contribution in [0.15, 0.2) is 0 Å². The fourth-order valence-electron chi connectivity index (χ4n) is 2.96. The van der Waals surface area contributed by atoms with Gasteiger partial charge in [-0.2, -0.15) is 0 Å². The van der Waals surface area contributed by atoms with Gasteiger partial charge in [-0.25, -0.2) is 4.79 Å². The molecule has 0 spiro atoms. The maximum Gasteiger partial charge on any atom is 0.410 e. The molecule has 2 rings (SSSR count). The monoisotopic (exact) mass is 254 g/mol. The van der Waals surface area contributed by atoms with Gasteiger partial charge in [0, 0.05) is 13.1 Å². The van der Waals surface area contributed by atoms with Crippen LogP contribution in [-0.4, -0.2) is 42.8 Å². The van der Waals surface area contributed by atoms with E-state index in [1.165, 1.54) is 6.42 Å². The van der Waals surface area contributed by atoms with E-state index in [4.69, 9.17) is 4.74 Å². The van der Waals surface area contributed by atoms with E-state index < -0.39 is 0 Å². The number of ether oxygens (including phenoxy) is 1. The Morgan fingerprint density at radius 3 is 2.33 bits per heavy atom. The van der Waals surface area contributed by atoms with Crippen molar-refractivity contribution in [2.75, 3.05) is 26.2 Å². The lowest BCUT2D eigenvalue weighted by Gasteiger charge is -2.35. The zero-order valence-corrected chi connectivity index (χ0v) is 11.9. The van der Waals surface area contributed by atoms with E-state index in [1.807, 2.05) is 25.7 Å². The molecule has 0 saturated carbocycles. The van der Waals surface area contributed by atoms with Crippen molar-refractivity contribution in [2.45, 2.75) is 45.6 Å². The minimum absolute atomic E-state index is 0.148. The van der Waals surface area contributed by atoms with Gasteiger partial charge in [0.05, 0.1) is 0 Å². The van der Waals surface area contributed by atoms with Crippen LogP contribution in [0, 0.1) is 11.8 Å². The molecule has 104 valence electrons. The van der Waals surface area contributed by atoms with Gasteiger partial charge in [-0.1, -0.05) is 0 Å². The van der Waals surface area contributed by atoms with E-state index >= 15 is 0 Å². The lowest BCUT2D eigenvalue weighted by molar-refractivity contribution is 0.0163. The quantitative estimate of drug-likeness (QED) is 0.780. The van der Waals surface area contributed by atoms with Gasteiger partial charge in [-0.3, -0.25) is 0 Å². The summed E-state index contributed by atoms with van der Waals surface area (Å²) in [7, 11) is 0. The van der Waals surface area contributed by atoms with E-state index in [0.717, 1.165) is 50.9 Å². The molecule has 18 heavy (non-hydrogen) atoms. The second-order valence-electron chi connectivity index (χ2n) is 6.56. The molecule has 0 aromatic carbocycles. The van der Waals surface area contributed by atoms with Crippen LogP contribution in [0.4, 0.5) is 4.79 Å². The number of hydrogen-bond acceptors (Lipinski definition) is 3. The Bertz CT molecular complexity index is 285. The van der Waals surface area contributed by atoms with Crippen molar-refractivity contribution in [3.8, 4) is 0 Å². The maximum absolute atomic E-state index is 11.9. The Balaban J connectivity index is 1.77. The highest BCUT2D eigenvalue weighted by Gasteiger charge is 2.31. The predicted octanol–water partition coefficient (Wildman–Crippen LogP) is 2.24. The van der Waals surface area contributed by atoms with Gasteiger partial charge in [0.1, 0.15) is 5.60 Å². The summed E-state index contributed by atoms with van der Waals surface area (Å²) in [5.74, 6) is 1.62. The third-order valence-electron chi connectivity index (χ3n) is 3.96. The van der Waals surface area contributed by atoms with Crippen molar-refractivity contribution in [3.05, 3.63) is 0 Å². The van der Waals surface area contributed by atoms with Crippen LogP contribution in [0.25, 0.3) is 0 Å². The second kappa shape index (κ2) is 5.47. The number of piperidine rings is 1. The molecule has 0 aromatic heterocycles. The smallest absolute Gasteiger partial charge is 0.410 e. The number of hydrogen-bond donors (Lipinski definition) is 1. The SMILES string of the molecule is CC(C)(C)OC(=O)N1CCC([C@@H]2CCNC2)CC1. The Kier molecular flexibility index (Phi) is 4.15. The minimum Gasteiger partial charge on any atom is -0.444 e. The number of carbonyl (C=O) groups excluding carboxylic acids is 1. The van der Waals surface area contributed by atoms with Crippen LogP contribution in [0.2, 0.25) is 0 Å². The van der Waals surface area contributed by atoms with Crippen molar-refractivity contribution in [1.29, 1.82) is 0 Å². The molecule has 2 heterocycles. The average molecular weight is 254 g/mol. The number of amides is 1. The van der Waals surface area contributed by atoms with E-state index in [2.05, 4.69) is 5.32 Å². The molecule has 0 radical (unpaired) electrons. The fraction of sp³-hybridized carbons (Fsp3) is 0.929. The highest BCUT2D eigenvalue weighted by molar-refractivity contribution is 5.68. The molecular formula is C14H26N2O2. The van der Waals surface area contributed by atoms with Gasteiger partial charge in [0.15, 0.2) is 0 Å². The molecule has 2 aliphatic heterocycles. The van der Waals surface area contributed by atoms with E-state index in [9.17, 15) is 4.79 Å². The van der Waals surface area contributed by atoms with Crippen LogP contribution in [-0.2, 0) is 4.74 Å².